The molecule has 0 aliphatic rings. The number of carbonyl (C=O) groups excluding carboxylic acids is 1. The van der Waals surface area contributed by atoms with E-state index >= 15 is 0 Å². The van der Waals surface area contributed by atoms with Gasteiger partial charge in [0.2, 0.25) is 0 Å². The van der Waals surface area contributed by atoms with Gasteiger partial charge in [0.25, 0.3) is 5.91 Å². The Kier molecular flexibility index (Phi) is 4.72. The van der Waals surface area contributed by atoms with Crippen molar-refractivity contribution in [3.05, 3.63) is 64.7 Å². The molecule has 0 aliphatic heterocycles. The van der Waals surface area contributed by atoms with Gasteiger partial charge in [-0.15, -0.1) is 11.3 Å². The molecule has 1 amide bonds. The minimum atomic E-state index is -4.40. The van der Waals surface area contributed by atoms with E-state index in [4.69, 9.17) is 0 Å². The number of rotatable bonds is 2. The van der Waals surface area contributed by atoms with Crippen molar-refractivity contribution in [1.29, 1.82) is 0 Å². The molecule has 0 spiro atoms. The third kappa shape index (κ3) is 4.17. The summed E-state index contributed by atoms with van der Waals surface area (Å²) < 4.78 is 38.8. The third-order valence-electron chi connectivity index (χ3n) is 3.35. The smallest absolute Gasteiger partial charge is 0.341 e. The van der Waals surface area contributed by atoms with Gasteiger partial charge in [-0.3, -0.25) is 4.79 Å². The van der Waals surface area contributed by atoms with E-state index < -0.39 is 11.7 Å². The minimum Gasteiger partial charge on any atom is -0.341 e. The van der Waals surface area contributed by atoms with E-state index in [0.29, 0.717) is 5.56 Å². The molecule has 3 rings (SSSR count). The van der Waals surface area contributed by atoms with Gasteiger partial charge in [-0.25, -0.2) is 4.98 Å². The largest absolute Gasteiger partial charge is 0.416 e. The second kappa shape index (κ2) is 6.95. The lowest BCUT2D eigenvalue weighted by Crippen LogP contribution is -2.23. The van der Waals surface area contributed by atoms with Crippen LogP contribution in [0.5, 0.6) is 0 Å². The van der Waals surface area contributed by atoms with Gasteiger partial charge in [-0.05, 0) is 36.4 Å². The van der Waals surface area contributed by atoms with Crippen molar-refractivity contribution in [2.45, 2.75) is 6.18 Å². The Morgan fingerprint density at radius 2 is 2.04 bits per heavy atom. The van der Waals surface area contributed by atoms with Crippen LogP contribution in [0, 0.1) is 11.8 Å². The Labute approximate surface area is 145 Å². The highest BCUT2D eigenvalue weighted by molar-refractivity contribution is 7.16. The number of carbonyl (C=O) groups is 1. The minimum absolute atomic E-state index is 0.0375. The van der Waals surface area contributed by atoms with Crippen molar-refractivity contribution in [3.8, 4) is 11.8 Å². The summed E-state index contributed by atoms with van der Waals surface area (Å²) >= 11 is 1.44. The third-order valence-corrected chi connectivity index (χ3v) is 4.15. The van der Waals surface area contributed by atoms with Crippen LogP contribution in [0.4, 0.5) is 13.2 Å². The first kappa shape index (κ1) is 17.0. The number of thiazole rings is 1. The molecule has 0 unspecified atom stereocenters. The van der Waals surface area contributed by atoms with Crippen molar-refractivity contribution in [2.24, 2.45) is 0 Å². The van der Waals surface area contributed by atoms with E-state index in [9.17, 15) is 18.0 Å². The molecule has 1 aromatic heterocycles. The van der Waals surface area contributed by atoms with E-state index in [0.717, 1.165) is 22.3 Å². The highest BCUT2D eigenvalue weighted by Crippen LogP contribution is 2.29. The van der Waals surface area contributed by atoms with Gasteiger partial charge >= 0.3 is 6.18 Å². The van der Waals surface area contributed by atoms with E-state index in [2.05, 4.69) is 22.1 Å². The van der Waals surface area contributed by atoms with E-state index in [1.165, 1.54) is 23.5 Å². The predicted molar refractivity (Wildman–Crippen MR) is 90.3 cm³/mol. The normalized spacial score (nSPS) is 11.0. The SMILES string of the molecule is O=C(NCC#Cc1cccc(C(F)(F)F)c1)c1ccc2ncsc2c1. The lowest BCUT2D eigenvalue weighted by Gasteiger charge is -2.05. The summed E-state index contributed by atoms with van der Waals surface area (Å²) in [5, 5.41) is 2.62. The van der Waals surface area contributed by atoms with Gasteiger partial charge in [0.15, 0.2) is 0 Å². The number of hydrogen-bond acceptors (Lipinski definition) is 3. The summed E-state index contributed by atoms with van der Waals surface area (Å²) in [7, 11) is 0. The summed E-state index contributed by atoms with van der Waals surface area (Å²) in [6.45, 7) is 0.0375. The number of amides is 1. The Hall–Kier alpha value is -2.85. The molecule has 1 N–H and O–H groups in total. The highest BCUT2D eigenvalue weighted by atomic mass is 32.1. The molecule has 3 aromatic rings. The van der Waals surface area contributed by atoms with Crippen LogP contribution in [0.3, 0.4) is 0 Å². The Balaban J connectivity index is 1.63. The number of aromatic nitrogens is 1. The lowest BCUT2D eigenvalue weighted by atomic mass is 10.1. The number of halogens is 3. The maximum Gasteiger partial charge on any atom is 0.416 e. The molecular formula is C18H11F3N2OS. The molecule has 126 valence electrons. The lowest BCUT2D eigenvalue weighted by molar-refractivity contribution is -0.137. The van der Waals surface area contributed by atoms with Crippen molar-refractivity contribution in [2.75, 3.05) is 6.54 Å². The second-order valence-corrected chi connectivity index (χ2v) is 5.98. The van der Waals surface area contributed by atoms with Gasteiger partial charge in [0, 0.05) is 11.1 Å². The zero-order valence-corrected chi connectivity index (χ0v) is 13.5. The zero-order chi connectivity index (χ0) is 17.9. The number of nitrogens with zero attached hydrogens (tertiary/aromatic N) is 1. The molecule has 0 radical (unpaired) electrons. The van der Waals surface area contributed by atoms with Gasteiger partial charge in [0.05, 0.1) is 27.8 Å². The number of alkyl halides is 3. The number of benzene rings is 2. The Morgan fingerprint density at radius 3 is 2.84 bits per heavy atom. The van der Waals surface area contributed by atoms with Gasteiger partial charge in [-0.1, -0.05) is 17.9 Å². The molecule has 0 saturated heterocycles. The average Bonchev–Trinajstić information content (AvgIpc) is 3.05. The van der Waals surface area contributed by atoms with Crippen LogP contribution in [-0.4, -0.2) is 17.4 Å². The van der Waals surface area contributed by atoms with Crippen LogP contribution >= 0.6 is 11.3 Å². The van der Waals surface area contributed by atoms with Crippen molar-refractivity contribution >= 4 is 27.5 Å². The molecular weight excluding hydrogens is 349 g/mol. The molecule has 0 fully saturated rings. The maximum atomic E-state index is 12.6. The molecule has 25 heavy (non-hydrogen) atoms. The molecule has 0 atom stereocenters. The first-order valence-corrected chi connectivity index (χ1v) is 8.09. The van der Waals surface area contributed by atoms with E-state index in [-0.39, 0.29) is 18.0 Å². The molecule has 0 bridgehead atoms. The predicted octanol–water partition coefficient (Wildman–Crippen LogP) is 4.10. The van der Waals surface area contributed by atoms with Crippen LogP contribution in [-0.2, 0) is 6.18 Å². The molecule has 2 aromatic carbocycles. The number of hydrogen-bond donors (Lipinski definition) is 1. The van der Waals surface area contributed by atoms with Crippen LogP contribution < -0.4 is 5.32 Å². The highest BCUT2D eigenvalue weighted by Gasteiger charge is 2.30. The van der Waals surface area contributed by atoms with Gasteiger partial charge in [-0.2, -0.15) is 13.2 Å². The molecule has 3 nitrogen and oxygen atoms in total. The Bertz CT molecular complexity index is 983. The fourth-order valence-electron chi connectivity index (χ4n) is 2.14. The van der Waals surface area contributed by atoms with Crippen molar-refractivity contribution in [1.82, 2.24) is 10.3 Å². The standard InChI is InChI=1S/C18H11F3N2OS/c19-18(20,21)14-5-1-3-12(9-14)4-2-8-22-17(24)13-6-7-15-16(10-13)25-11-23-15/h1,3,5-7,9-11H,8H2,(H,22,24). The zero-order valence-electron chi connectivity index (χ0n) is 12.7. The van der Waals surface area contributed by atoms with E-state index in [1.54, 1.807) is 23.7 Å². The first-order chi connectivity index (χ1) is 11.9. The van der Waals surface area contributed by atoms with Crippen LogP contribution in [0.25, 0.3) is 10.2 Å². The summed E-state index contributed by atoms with van der Waals surface area (Å²) in [6, 6.07) is 9.92. The number of nitrogens with one attached hydrogen (secondary N) is 1. The molecule has 0 aliphatic carbocycles. The molecule has 1 heterocycles. The van der Waals surface area contributed by atoms with Crippen LogP contribution in [0.15, 0.2) is 48.0 Å². The van der Waals surface area contributed by atoms with Crippen molar-refractivity contribution in [3.63, 3.8) is 0 Å². The van der Waals surface area contributed by atoms with E-state index in [1.807, 2.05) is 0 Å². The fourth-order valence-corrected chi connectivity index (χ4v) is 2.86. The topological polar surface area (TPSA) is 42.0 Å². The van der Waals surface area contributed by atoms with Gasteiger partial charge < -0.3 is 5.32 Å². The summed E-state index contributed by atoms with van der Waals surface area (Å²) in [5.41, 5.74) is 2.51. The fraction of sp³-hybridized carbons (Fsp3) is 0.111. The van der Waals surface area contributed by atoms with Gasteiger partial charge in [0.1, 0.15) is 0 Å². The average molecular weight is 360 g/mol. The summed E-state index contributed by atoms with van der Waals surface area (Å²) in [4.78, 5) is 16.2. The monoisotopic (exact) mass is 360 g/mol. The van der Waals surface area contributed by atoms with Crippen LogP contribution in [0.2, 0.25) is 0 Å². The molecule has 7 heteroatoms. The molecule has 0 saturated carbocycles. The van der Waals surface area contributed by atoms with Crippen LogP contribution in [0.1, 0.15) is 21.5 Å². The number of fused-ring (bicyclic) bond motifs is 1. The summed E-state index contributed by atoms with van der Waals surface area (Å²) in [5.74, 6) is 4.97. The summed E-state index contributed by atoms with van der Waals surface area (Å²) in [6.07, 6.45) is -4.40. The quantitative estimate of drug-likeness (QED) is 0.699. The van der Waals surface area contributed by atoms with Crippen molar-refractivity contribution < 1.29 is 18.0 Å². The maximum absolute atomic E-state index is 12.6. The Morgan fingerprint density at radius 1 is 1.20 bits per heavy atom. The second-order valence-electron chi connectivity index (χ2n) is 5.10. The first-order valence-electron chi connectivity index (χ1n) is 7.21.